The summed E-state index contributed by atoms with van der Waals surface area (Å²) in [6, 6.07) is 6.06. The van der Waals surface area contributed by atoms with Gasteiger partial charge in [-0.15, -0.1) is 0 Å². The summed E-state index contributed by atoms with van der Waals surface area (Å²) in [6.45, 7) is 2.31. The van der Waals surface area contributed by atoms with E-state index in [-0.39, 0.29) is 5.54 Å². The van der Waals surface area contributed by atoms with E-state index in [2.05, 4.69) is 22.5 Å². The molecule has 2 N–H and O–H groups in total. The summed E-state index contributed by atoms with van der Waals surface area (Å²) in [4.78, 5) is 4.51. The Bertz CT molecular complexity index is 343. The first-order valence-electron chi connectivity index (χ1n) is 6.15. The number of hydrogen-bond donors (Lipinski definition) is 2. The first kappa shape index (κ1) is 11.2. The van der Waals surface area contributed by atoms with Crippen LogP contribution in [0.2, 0.25) is 0 Å². The van der Waals surface area contributed by atoms with Crippen molar-refractivity contribution in [3.8, 4) is 0 Å². The molecule has 0 radical (unpaired) electrons. The van der Waals surface area contributed by atoms with Crippen LogP contribution >= 0.6 is 0 Å². The van der Waals surface area contributed by atoms with Crippen LogP contribution in [0.25, 0.3) is 0 Å². The molecule has 0 amide bonds. The largest absolute Gasteiger partial charge is 0.373 e. The number of pyridine rings is 1. The van der Waals surface area contributed by atoms with E-state index in [0.29, 0.717) is 0 Å². The van der Waals surface area contributed by atoms with E-state index in [1.807, 2.05) is 25.2 Å². The van der Waals surface area contributed by atoms with Crippen molar-refractivity contribution in [3.63, 3.8) is 0 Å². The topological polar surface area (TPSA) is 37.0 Å². The average molecular weight is 219 g/mol. The Balaban J connectivity index is 2.07. The molecular weight excluding hydrogens is 198 g/mol. The molecule has 0 unspecified atom stereocenters. The molecule has 16 heavy (non-hydrogen) atoms. The van der Waals surface area contributed by atoms with Crippen LogP contribution in [0.3, 0.4) is 0 Å². The van der Waals surface area contributed by atoms with Gasteiger partial charge in [0.2, 0.25) is 0 Å². The van der Waals surface area contributed by atoms with E-state index in [4.69, 9.17) is 0 Å². The molecule has 0 saturated heterocycles. The van der Waals surface area contributed by atoms with Gasteiger partial charge in [-0.25, -0.2) is 4.98 Å². The third-order valence-corrected chi connectivity index (χ3v) is 3.39. The molecule has 1 heterocycles. The van der Waals surface area contributed by atoms with Crippen LogP contribution in [0, 0.1) is 0 Å². The summed E-state index contributed by atoms with van der Waals surface area (Å²) < 4.78 is 0. The fourth-order valence-corrected chi connectivity index (χ4v) is 2.41. The Hall–Kier alpha value is -1.25. The van der Waals surface area contributed by atoms with E-state index < -0.39 is 0 Å². The quantitative estimate of drug-likeness (QED) is 0.819. The lowest BCUT2D eigenvalue weighted by Gasteiger charge is -2.35. The van der Waals surface area contributed by atoms with Crippen LogP contribution in [-0.4, -0.2) is 17.6 Å². The molecule has 0 spiro atoms. The second-order valence-corrected chi connectivity index (χ2v) is 4.90. The van der Waals surface area contributed by atoms with Crippen molar-refractivity contribution < 1.29 is 0 Å². The van der Waals surface area contributed by atoms with Gasteiger partial charge in [0.1, 0.15) is 11.6 Å². The Morgan fingerprint density at radius 2 is 1.81 bits per heavy atom. The van der Waals surface area contributed by atoms with Crippen molar-refractivity contribution in [2.24, 2.45) is 0 Å². The van der Waals surface area contributed by atoms with E-state index in [1.165, 1.54) is 32.1 Å². The standard InChI is InChI=1S/C13H21N3/c1-13(9-4-3-5-10-13)16-12-8-6-7-11(14-2)15-12/h6-8H,3-5,9-10H2,1-2H3,(H2,14,15,16). The van der Waals surface area contributed by atoms with Gasteiger partial charge in [0, 0.05) is 12.6 Å². The predicted molar refractivity (Wildman–Crippen MR) is 68.9 cm³/mol. The fourth-order valence-electron chi connectivity index (χ4n) is 2.41. The number of rotatable bonds is 3. The lowest BCUT2D eigenvalue weighted by atomic mass is 9.83. The molecule has 3 heteroatoms. The third kappa shape index (κ3) is 2.65. The first-order chi connectivity index (χ1) is 7.72. The summed E-state index contributed by atoms with van der Waals surface area (Å²) in [7, 11) is 1.90. The second kappa shape index (κ2) is 4.73. The van der Waals surface area contributed by atoms with E-state index in [0.717, 1.165) is 11.6 Å². The third-order valence-electron chi connectivity index (χ3n) is 3.39. The highest BCUT2D eigenvalue weighted by Crippen LogP contribution is 2.30. The van der Waals surface area contributed by atoms with Crippen LogP contribution in [0.5, 0.6) is 0 Å². The van der Waals surface area contributed by atoms with Gasteiger partial charge in [-0.1, -0.05) is 25.3 Å². The molecule has 0 aliphatic heterocycles. The molecule has 3 nitrogen and oxygen atoms in total. The van der Waals surface area contributed by atoms with Gasteiger partial charge in [-0.2, -0.15) is 0 Å². The van der Waals surface area contributed by atoms with Crippen molar-refractivity contribution in [2.75, 3.05) is 17.7 Å². The summed E-state index contributed by atoms with van der Waals surface area (Å²) in [5, 5.41) is 6.65. The smallest absolute Gasteiger partial charge is 0.128 e. The SMILES string of the molecule is CNc1cccc(NC2(C)CCCCC2)n1. The molecule has 0 bridgehead atoms. The minimum absolute atomic E-state index is 0.234. The van der Waals surface area contributed by atoms with Gasteiger partial charge in [-0.05, 0) is 31.9 Å². The van der Waals surface area contributed by atoms with Crippen LogP contribution < -0.4 is 10.6 Å². The van der Waals surface area contributed by atoms with Crippen molar-refractivity contribution in [1.29, 1.82) is 0 Å². The lowest BCUT2D eigenvalue weighted by Crippen LogP contribution is -2.37. The van der Waals surface area contributed by atoms with Gasteiger partial charge in [0.05, 0.1) is 0 Å². The van der Waals surface area contributed by atoms with Gasteiger partial charge >= 0.3 is 0 Å². The van der Waals surface area contributed by atoms with Crippen molar-refractivity contribution in [1.82, 2.24) is 4.98 Å². The molecule has 1 aromatic rings. The van der Waals surface area contributed by atoms with E-state index in [1.54, 1.807) is 0 Å². The molecule has 1 aliphatic carbocycles. The molecule has 1 saturated carbocycles. The van der Waals surface area contributed by atoms with Crippen molar-refractivity contribution >= 4 is 11.6 Å². The highest BCUT2D eigenvalue weighted by atomic mass is 15.1. The van der Waals surface area contributed by atoms with Gasteiger partial charge in [-0.3, -0.25) is 0 Å². The van der Waals surface area contributed by atoms with Gasteiger partial charge < -0.3 is 10.6 Å². The minimum Gasteiger partial charge on any atom is -0.373 e. The van der Waals surface area contributed by atoms with Crippen LogP contribution in [0.4, 0.5) is 11.6 Å². The molecule has 88 valence electrons. The fraction of sp³-hybridized carbons (Fsp3) is 0.615. The minimum atomic E-state index is 0.234. The van der Waals surface area contributed by atoms with Crippen molar-refractivity contribution in [3.05, 3.63) is 18.2 Å². The zero-order chi connectivity index (χ0) is 11.4. The van der Waals surface area contributed by atoms with Crippen LogP contribution in [-0.2, 0) is 0 Å². The van der Waals surface area contributed by atoms with Crippen LogP contribution in [0.15, 0.2) is 18.2 Å². The Morgan fingerprint density at radius 1 is 1.12 bits per heavy atom. The zero-order valence-corrected chi connectivity index (χ0v) is 10.2. The monoisotopic (exact) mass is 219 g/mol. The second-order valence-electron chi connectivity index (χ2n) is 4.90. The normalized spacial score (nSPS) is 19.1. The molecule has 0 atom stereocenters. The highest BCUT2D eigenvalue weighted by molar-refractivity contribution is 5.46. The number of nitrogens with one attached hydrogen (secondary N) is 2. The maximum atomic E-state index is 4.51. The average Bonchev–Trinajstić information content (AvgIpc) is 2.29. The number of aromatic nitrogens is 1. The predicted octanol–water partition coefficient (Wildman–Crippen LogP) is 3.26. The molecule has 1 fully saturated rings. The highest BCUT2D eigenvalue weighted by Gasteiger charge is 2.26. The number of hydrogen-bond acceptors (Lipinski definition) is 3. The summed E-state index contributed by atoms with van der Waals surface area (Å²) >= 11 is 0. The summed E-state index contributed by atoms with van der Waals surface area (Å²) in [5.41, 5.74) is 0.234. The molecule has 1 aliphatic rings. The van der Waals surface area contributed by atoms with Gasteiger partial charge in [0.25, 0.3) is 0 Å². The summed E-state index contributed by atoms with van der Waals surface area (Å²) in [6.07, 6.45) is 6.53. The Morgan fingerprint density at radius 3 is 2.50 bits per heavy atom. The maximum Gasteiger partial charge on any atom is 0.128 e. The van der Waals surface area contributed by atoms with E-state index >= 15 is 0 Å². The Labute approximate surface area is 97.7 Å². The molecular formula is C13H21N3. The summed E-state index contributed by atoms with van der Waals surface area (Å²) in [5.74, 6) is 1.90. The van der Waals surface area contributed by atoms with Crippen LogP contribution in [0.1, 0.15) is 39.0 Å². The first-order valence-corrected chi connectivity index (χ1v) is 6.15. The molecule has 0 aromatic carbocycles. The zero-order valence-electron chi connectivity index (χ0n) is 10.2. The lowest BCUT2D eigenvalue weighted by molar-refractivity contribution is 0.348. The number of nitrogens with zero attached hydrogens (tertiary/aromatic N) is 1. The van der Waals surface area contributed by atoms with Gasteiger partial charge in [0.15, 0.2) is 0 Å². The maximum absolute atomic E-state index is 4.51. The molecule has 1 aromatic heterocycles. The number of anilines is 2. The molecule has 2 rings (SSSR count). The Kier molecular flexibility index (Phi) is 3.32. The van der Waals surface area contributed by atoms with Crippen molar-refractivity contribution in [2.45, 2.75) is 44.6 Å². The van der Waals surface area contributed by atoms with E-state index in [9.17, 15) is 0 Å².